The van der Waals surface area contributed by atoms with Crippen molar-refractivity contribution in [1.29, 1.82) is 5.26 Å². The second kappa shape index (κ2) is 13.0. The number of ether oxygens (including phenoxy) is 3. The normalized spacial score (nSPS) is 11.8. The summed E-state index contributed by atoms with van der Waals surface area (Å²) in [6.45, 7) is 2.05. The molecule has 3 aromatic carbocycles. The zero-order valence-electron chi connectivity index (χ0n) is 24.1. The number of benzene rings is 3. The minimum absolute atomic E-state index is 0.0333. The summed E-state index contributed by atoms with van der Waals surface area (Å²) in [6.07, 6.45) is -0.264. The Kier molecular flexibility index (Phi) is 8.92. The SMILES string of the molecule is COC(=O)c1ccc2nc(Cc3cc(F)c(-c4cccc(OCc5ccc(C#N)cc5F)n4)cc3F)n(C[C@H](C)OC)c2c1. The molecule has 0 fully saturated rings. The minimum atomic E-state index is -0.704. The molecule has 1 atom stereocenters. The van der Waals surface area contributed by atoms with Gasteiger partial charge in [-0.3, -0.25) is 0 Å². The van der Waals surface area contributed by atoms with Crippen molar-refractivity contribution in [3.8, 4) is 23.2 Å². The van der Waals surface area contributed by atoms with Gasteiger partial charge in [-0.05, 0) is 61.0 Å². The summed E-state index contributed by atoms with van der Waals surface area (Å²) in [5.74, 6) is -1.93. The fourth-order valence-corrected chi connectivity index (χ4v) is 4.71. The zero-order valence-corrected chi connectivity index (χ0v) is 24.1. The minimum Gasteiger partial charge on any atom is -0.473 e. The van der Waals surface area contributed by atoms with Crippen molar-refractivity contribution in [3.63, 3.8) is 0 Å². The fourth-order valence-electron chi connectivity index (χ4n) is 4.71. The molecule has 8 nitrogen and oxygen atoms in total. The molecule has 2 aromatic heterocycles. The number of nitrogens with zero attached hydrogens (tertiary/aromatic N) is 4. The molecule has 5 rings (SSSR count). The summed E-state index contributed by atoms with van der Waals surface area (Å²) >= 11 is 0. The average molecular weight is 601 g/mol. The van der Waals surface area contributed by atoms with Crippen molar-refractivity contribution >= 4 is 17.0 Å². The van der Waals surface area contributed by atoms with E-state index < -0.39 is 23.4 Å². The number of esters is 1. The summed E-state index contributed by atoms with van der Waals surface area (Å²) in [7, 11) is 2.86. The number of rotatable bonds is 10. The van der Waals surface area contributed by atoms with E-state index in [0.717, 1.165) is 18.2 Å². The molecule has 0 bridgehead atoms. The molecule has 0 spiro atoms. The Hall–Kier alpha value is -5.21. The molecule has 0 aliphatic rings. The van der Waals surface area contributed by atoms with E-state index in [4.69, 9.17) is 19.5 Å². The third-order valence-electron chi connectivity index (χ3n) is 7.13. The van der Waals surface area contributed by atoms with Crippen molar-refractivity contribution in [2.24, 2.45) is 0 Å². The molecule has 0 saturated carbocycles. The first-order chi connectivity index (χ1) is 21.2. The quantitative estimate of drug-likeness (QED) is 0.172. The molecule has 0 N–H and O–H groups in total. The number of halogens is 3. The van der Waals surface area contributed by atoms with Crippen LogP contribution < -0.4 is 4.74 Å². The first kappa shape index (κ1) is 30.3. The number of fused-ring (bicyclic) bond motifs is 1. The number of carbonyl (C=O) groups is 1. The maximum absolute atomic E-state index is 15.5. The maximum atomic E-state index is 15.5. The van der Waals surface area contributed by atoms with Crippen LogP contribution in [0.3, 0.4) is 0 Å². The van der Waals surface area contributed by atoms with Gasteiger partial charge in [0.15, 0.2) is 0 Å². The van der Waals surface area contributed by atoms with Gasteiger partial charge in [0.2, 0.25) is 5.88 Å². The molecule has 0 unspecified atom stereocenters. The Labute approximate surface area is 251 Å². The largest absolute Gasteiger partial charge is 0.473 e. The van der Waals surface area contributed by atoms with Gasteiger partial charge in [0.1, 0.15) is 29.9 Å². The smallest absolute Gasteiger partial charge is 0.337 e. The van der Waals surface area contributed by atoms with E-state index in [1.165, 1.54) is 31.4 Å². The van der Waals surface area contributed by atoms with Gasteiger partial charge >= 0.3 is 5.97 Å². The monoisotopic (exact) mass is 600 g/mol. The van der Waals surface area contributed by atoms with Crippen LogP contribution in [0.4, 0.5) is 13.2 Å². The topological polar surface area (TPSA) is 99.3 Å². The fraction of sp³-hybridized carbons (Fsp3) is 0.212. The number of hydrogen-bond acceptors (Lipinski definition) is 7. The number of aromatic nitrogens is 3. The lowest BCUT2D eigenvalue weighted by Gasteiger charge is -2.15. The van der Waals surface area contributed by atoms with Crippen LogP contribution in [0.1, 0.15) is 39.8 Å². The van der Waals surface area contributed by atoms with Gasteiger partial charge in [0.25, 0.3) is 0 Å². The number of imidazole rings is 1. The van der Waals surface area contributed by atoms with Crippen LogP contribution in [0.15, 0.2) is 66.7 Å². The third kappa shape index (κ3) is 6.40. The molecule has 0 aliphatic carbocycles. The van der Waals surface area contributed by atoms with Crippen molar-refractivity contribution in [1.82, 2.24) is 14.5 Å². The summed E-state index contributed by atoms with van der Waals surface area (Å²) in [4.78, 5) is 21.0. The average Bonchev–Trinajstić information content (AvgIpc) is 3.37. The predicted molar refractivity (Wildman–Crippen MR) is 155 cm³/mol. The first-order valence-corrected chi connectivity index (χ1v) is 13.6. The number of nitriles is 1. The highest BCUT2D eigenvalue weighted by molar-refractivity contribution is 5.93. The lowest BCUT2D eigenvalue weighted by molar-refractivity contribution is 0.0601. The molecular formula is C33H27F3N4O4. The Morgan fingerprint density at radius 2 is 1.75 bits per heavy atom. The van der Waals surface area contributed by atoms with E-state index in [-0.39, 0.29) is 53.0 Å². The number of pyridine rings is 1. The molecule has 0 saturated heterocycles. The van der Waals surface area contributed by atoms with Crippen LogP contribution in [0.2, 0.25) is 0 Å². The zero-order chi connectivity index (χ0) is 31.4. The summed E-state index contributed by atoms with van der Waals surface area (Å²) in [5.41, 5.74) is 2.06. The van der Waals surface area contributed by atoms with E-state index in [0.29, 0.717) is 29.0 Å². The Morgan fingerprint density at radius 3 is 2.48 bits per heavy atom. The second-order valence-corrected chi connectivity index (χ2v) is 10.0. The van der Waals surface area contributed by atoms with Gasteiger partial charge in [-0.15, -0.1) is 0 Å². The van der Waals surface area contributed by atoms with Crippen LogP contribution in [0, 0.1) is 28.8 Å². The van der Waals surface area contributed by atoms with Crippen LogP contribution in [-0.4, -0.2) is 40.8 Å². The highest BCUT2D eigenvalue weighted by atomic mass is 19.1. The van der Waals surface area contributed by atoms with Gasteiger partial charge in [-0.1, -0.05) is 12.1 Å². The highest BCUT2D eigenvalue weighted by Gasteiger charge is 2.20. The maximum Gasteiger partial charge on any atom is 0.337 e. The summed E-state index contributed by atoms with van der Waals surface area (Å²) in [6, 6.07) is 17.6. The molecule has 11 heteroatoms. The molecule has 2 heterocycles. The lowest BCUT2D eigenvalue weighted by Crippen LogP contribution is -2.17. The molecular weight excluding hydrogens is 573 g/mol. The van der Waals surface area contributed by atoms with Gasteiger partial charge in [-0.25, -0.2) is 27.9 Å². The van der Waals surface area contributed by atoms with E-state index in [1.807, 2.05) is 17.6 Å². The van der Waals surface area contributed by atoms with Crippen molar-refractivity contribution in [3.05, 3.63) is 112 Å². The van der Waals surface area contributed by atoms with Crippen molar-refractivity contribution < 1.29 is 32.2 Å². The molecule has 44 heavy (non-hydrogen) atoms. The molecule has 0 radical (unpaired) electrons. The van der Waals surface area contributed by atoms with Gasteiger partial charge in [0.05, 0.1) is 53.7 Å². The van der Waals surface area contributed by atoms with Crippen LogP contribution >= 0.6 is 0 Å². The Morgan fingerprint density at radius 1 is 0.955 bits per heavy atom. The standard InChI is InChI=1S/C33H27F3N4O4/c1-19(42-2)17-40-30-13-21(33(41)43-3)9-10-29(30)38-31(40)14-23-12-27(36)24(15-26(23)35)28-5-4-6-32(39-28)44-18-22-8-7-20(16-37)11-25(22)34/h4-13,15,19H,14,17-18H2,1-3H3/t19-/m0/s1. The Bertz CT molecular complexity index is 1900. The van der Waals surface area contributed by atoms with Crippen molar-refractivity contribution in [2.45, 2.75) is 32.6 Å². The van der Waals surface area contributed by atoms with Gasteiger partial charge in [0, 0.05) is 30.7 Å². The number of methoxy groups -OCH3 is 2. The van der Waals surface area contributed by atoms with E-state index in [2.05, 4.69) is 9.97 Å². The first-order valence-electron chi connectivity index (χ1n) is 13.6. The lowest BCUT2D eigenvalue weighted by atomic mass is 10.0. The van der Waals surface area contributed by atoms with E-state index >= 15 is 8.78 Å². The van der Waals surface area contributed by atoms with E-state index in [1.54, 1.807) is 31.4 Å². The molecule has 5 aromatic rings. The van der Waals surface area contributed by atoms with Gasteiger partial charge in [-0.2, -0.15) is 5.26 Å². The van der Waals surface area contributed by atoms with Gasteiger partial charge < -0.3 is 18.8 Å². The third-order valence-corrected chi connectivity index (χ3v) is 7.13. The van der Waals surface area contributed by atoms with Crippen LogP contribution in [0.25, 0.3) is 22.3 Å². The molecule has 224 valence electrons. The van der Waals surface area contributed by atoms with Crippen LogP contribution in [0.5, 0.6) is 5.88 Å². The summed E-state index contributed by atoms with van der Waals surface area (Å²) < 4.78 is 62.9. The summed E-state index contributed by atoms with van der Waals surface area (Å²) in [5, 5.41) is 8.91. The van der Waals surface area contributed by atoms with Crippen LogP contribution in [-0.2, 0) is 29.0 Å². The highest BCUT2D eigenvalue weighted by Crippen LogP contribution is 2.28. The second-order valence-electron chi connectivity index (χ2n) is 10.0. The molecule has 0 amide bonds. The van der Waals surface area contributed by atoms with Crippen molar-refractivity contribution in [2.75, 3.05) is 14.2 Å². The Balaban J connectivity index is 1.42. The number of hydrogen-bond donors (Lipinski definition) is 0. The number of carbonyl (C=O) groups excluding carboxylic acids is 1. The molecule has 0 aliphatic heterocycles. The van der Waals surface area contributed by atoms with E-state index in [9.17, 15) is 9.18 Å². The predicted octanol–water partition coefficient (Wildman–Crippen LogP) is 6.38.